The number of carbonyl (C=O) groups excluding carboxylic acids is 3. The van der Waals surface area contributed by atoms with Crippen molar-refractivity contribution in [2.75, 3.05) is 13.2 Å². The highest BCUT2D eigenvalue weighted by Crippen LogP contribution is 2.20. The second kappa shape index (κ2) is 68.9. The molecular weight excluding hydrogens is 973 g/mol. The van der Waals surface area contributed by atoms with Crippen molar-refractivity contribution in [1.82, 2.24) is 0 Å². The molecule has 0 aliphatic rings. The highest BCUT2D eigenvalue weighted by atomic mass is 16.6. The van der Waals surface area contributed by atoms with Crippen LogP contribution in [0.2, 0.25) is 0 Å². The van der Waals surface area contributed by atoms with Gasteiger partial charge in [-0.3, -0.25) is 14.4 Å². The first-order chi connectivity index (χ1) is 39.0. The number of ether oxygens (including phenoxy) is 3. The summed E-state index contributed by atoms with van der Waals surface area (Å²) in [7, 11) is 0. The quantitative estimate of drug-likeness (QED) is 0.0343. The molecule has 79 heavy (non-hydrogen) atoms. The summed E-state index contributed by atoms with van der Waals surface area (Å²) in [4.78, 5) is 38.2. The summed E-state index contributed by atoms with van der Waals surface area (Å²) >= 11 is 0. The Labute approximate surface area is 495 Å². The molecule has 0 aromatic carbocycles. The van der Waals surface area contributed by atoms with Crippen molar-refractivity contribution < 1.29 is 28.6 Å². The van der Waals surface area contributed by atoms with Gasteiger partial charge in [0.15, 0.2) is 6.10 Å². The van der Waals surface area contributed by atoms with Gasteiger partial charge in [-0.05, 0) is 19.3 Å². The predicted molar refractivity (Wildman–Crippen MR) is 344 cm³/mol. The van der Waals surface area contributed by atoms with Gasteiger partial charge in [-0.2, -0.15) is 0 Å². The van der Waals surface area contributed by atoms with E-state index in [0.717, 1.165) is 57.8 Å². The Kier molecular flexibility index (Phi) is 67.5. The SMILES string of the molecule is CCCCCCCCCCCCCCCCCCCCCCCCCCCCCCCCCCCC(=O)OCC(COC(=O)CCCCCCCCC)OC(=O)CCCCCCCCCCCCCCCCCCCCCCC. The van der Waals surface area contributed by atoms with Crippen molar-refractivity contribution >= 4 is 17.9 Å². The molecule has 0 heterocycles. The average molecular weight is 1120 g/mol. The van der Waals surface area contributed by atoms with Crippen molar-refractivity contribution in [3.05, 3.63) is 0 Å². The maximum Gasteiger partial charge on any atom is 0.306 e. The summed E-state index contributed by atoms with van der Waals surface area (Å²) in [6, 6.07) is 0. The minimum atomic E-state index is -0.762. The first-order valence-electron chi connectivity index (χ1n) is 36.5. The van der Waals surface area contributed by atoms with Crippen LogP contribution in [0.4, 0.5) is 0 Å². The average Bonchev–Trinajstić information content (AvgIpc) is 3.45. The Bertz CT molecular complexity index is 1190. The zero-order valence-electron chi connectivity index (χ0n) is 54.2. The van der Waals surface area contributed by atoms with Gasteiger partial charge in [0.05, 0.1) is 0 Å². The monoisotopic (exact) mass is 1120 g/mol. The molecule has 0 radical (unpaired) electrons. The predicted octanol–water partition coefficient (Wildman–Crippen LogP) is 25.0. The van der Waals surface area contributed by atoms with Gasteiger partial charge in [0.1, 0.15) is 13.2 Å². The van der Waals surface area contributed by atoms with Gasteiger partial charge in [0, 0.05) is 19.3 Å². The van der Waals surface area contributed by atoms with Crippen molar-refractivity contribution in [2.45, 2.75) is 438 Å². The van der Waals surface area contributed by atoms with Crippen LogP contribution in [0, 0.1) is 0 Å². The van der Waals surface area contributed by atoms with Crippen molar-refractivity contribution in [3.63, 3.8) is 0 Å². The van der Waals surface area contributed by atoms with E-state index in [1.54, 1.807) is 0 Å². The third-order valence-corrected chi connectivity index (χ3v) is 17.1. The molecule has 0 spiro atoms. The van der Waals surface area contributed by atoms with E-state index in [0.29, 0.717) is 19.3 Å². The van der Waals surface area contributed by atoms with E-state index in [-0.39, 0.29) is 31.1 Å². The van der Waals surface area contributed by atoms with Crippen molar-refractivity contribution in [1.29, 1.82) is 0 Å². The van der Waals surface area contributed by atoms with Crippen LogP contribution in [0.5, 0.6) is 0 Å². The van der Waals surface area contributed by atoms with E-state index >= 15 is 0 Å². The second-order valence-corrected chi connectivity index (χ2v) is 25.2. The van der Waals surface area contributed by atoms with Gasteiger partial charge < -0.3 is 14.2 Å². The van der Waals surface area contributed by atoms with Crippen molar-refractivity contribution in [3.8, 4) is 0 Å². The summed E-state index contributed by atoms with van der Waals surface area (Å²) < 4.78 is 16.9. The second-order valence-electron chi connectivity index (χ2n) is 25.2. The summed E-state index contributed by atoms with van der Waals surface area (Å²) in [6.45, 7) is 6.69. The van der Waals surface area contributed by atoms with E-state index in [4.69, 9.17) is 14.2 Å². The van der Waals surface area contributed by atoms with Crippen LogP contribution in [-0.4, -0.2) is 37.2 Å². The molecule has 6 nitrogen and oxygen atoms in total. The lowest BCUT2D eigenvalue weighted by Gasteiger charge is -2.18. The summed E-state index contributed by atoms with van der Waals surface area (Å²) in [5.74, 6) is -0.833. The Morgan fingerprint density at radius 2 is 0.342 bits per heavy atom. The topological polar surface area (TPSA) is 78.9 Å². The summed E-state index contributed by atoms with van der Waals surface area (Å²) in [5.41, 5.74) is 0. The first kappa shape index (κ1) is 77.4. The molecule has 0 aliphatic heterocycles. The normalized spacial score (nSPS) is 11.9. The fraction of sp³-hybridized carbons (Fsp3) is 0.959. The smallest absolute Gasteiger partial charge is 0.306 e. The summed E-state index contributed by atoms with van der Waals surface area (Å²) in [5, 5.41) is 0. The van der Waals surface area contributed by atoms with E-state index in [1.165, 1.54) is 334 Å². The maximum absolute atomic E-state index is 12.9. The van der Waals surface area contributed by atoms with Crippen LogP contribution in [-0.2, 0) is 28.6 Å². The van der Waals surface area contributed by atoms with E-state index < -0.39 is 6.10 Å². The zero-order chi connectivity index (χ0) is 57.1. The maximum atomic E-state index is 12.9. The Hall–Kier alpha value is -1.59. The molecule has 0 bridgehead atoms. The Morgan fingerprint density at radius 3 is 0.506 bits per heavy atom. The molecule has 0 rings (SSSR count). The molecule has 0 saturated heterocycles. The molecule has 470 valence electrons. The number of carbonyl (C=O) groups is 3. The van der Waals surface area contributed by atoms with Gasteiger partial charge in [-0.25, -0.2) is 0 Å². The zero-order valence-corrected chi connectivity index (χ0v) is 54.2. The highest BCUT2D eigenvalue weighted by molar-refractivity contribution is 5.71. The number of unbranched alkanes of at least 4 members (excludes halogenated alkanes) is 58. The number of esters is 3. The van der Waals surface area contributed by atoms with E-state index in [9.17, 15) is 14.4 Å². The van der Waals surface area contributed by atoms with Gasteiger partial charge >= 0.3 is 17.9 Å². The van der Waals surface area contributed by atoms with Crippen LogP contribution in [0.3, 0.4) is 0 Å². The molecule has 1 unspecified atom stereocenters. The van der Waals surface area contributed by atoms with Gasteiger partial charge in [-0.15, -0.1) is 0 Å². The fourth-order valence-corrected chi connectivity index (χ4v) is 11.6. The highest BCUT2D eigenvalue weighted by Gasteiger charge is 2.20. The Morgan fingerprint density at radius 1 is 0.203 bits per heavy atom. The molecule has 0 N–H and O–H groups in total. The van der Waals surface area contributed by atoms with E-state index in [2.05, 4.69) is 20.8 Å². The molecule has 0 fully saturated rings. The molecule has 0 saturated carbocycles. The molecule has 1 atom stereocenters. The minimum Gasteiger partial charge on any atom is -0.462 e. The molecule has 0 aromatic rings. The standard InChI is InChI=1S/C73H142O6/c1-4-7-10-13-16-18-20-22-24-26-28-30-31-32-33-34-35-36-37-38-39-40-41-43-44-46-48-50-52-54-57-60-63-66-72(75)78-69-70(68-77-71(74)65-62-59-56-15-12-9-6-3)79-73(76)67-64-61-58-55-53-51-49-47-45-42-29-27-25-23-21-19-17-14-11-8-5-2/h70H,4-69H2,1-3H3. The first-order valence-corrected chi connectivity index (χ1v) is 36.5. The molecular formula is C73H142O6. The van der Waals surface area contributed by atoms with Crippen LogP contribution in [0.1, 0.15) is 432 Å². The largest absolute Gasteiger partial charge is 0.462 e. The lowest BCUT2D eigenvalue weighted by atomic mass is 10.0. The number of hydrogen-bond donors (Lipinski definition) is 0. The molecule has 0 amide bonds. The lowest BCUT2D eigenvalue weighted by Crippen LogP contribution is -2.30. The number of hydrogen-bond acceptors (Lipinski definition) is 6. The Balaban J connectivity index is 3.92. The molecule has 0 aliphatic carbocycles. The van der Waals surface area contributed by atoms with Gasteiger partial charge in [-0.1, -0.05) is 393 Å². The third-order valence-electron chi connectivity index (χ3n) is 17.1. The summed E-state index contributed by atoms with van der Waals surface area (Å²) in [6.07, 6.45) is 81.9. The van der Waals surface area contributed by atoms with Crippen LogP contribution in [0.15, 0.2) is 0 Å². The van der Waals surface area contributed by atoms with Gasteiger partial charge in [0.2, 0.25) is 0 Å². The van der Waals surface area contributed by atoms with Crippen LogP contribution >= 0.6 is 0 Å². The van der Waals surface area contributed by atoms with Crippen LogP contribution in [0.25, 0.3) is 0 Å². The molecule has 6 heteroatoms. The fourth-order valence-electron chi connectivity index (χ4n) is 11.6. The molecule has 0 aromatic heterocycles. The number of rotatable bonds is 69. The lowest BCUT2D eigenvalue weighted by molar-refractivity contribution is -0.167. The minimum absolute atomic E-state index is 0.0613. The van der Waals surface area contributed by atoms with E-state index in [1.807, 2.05) is 0 Å². The van der Waals surface area contributed by atoms with Crippen molar-refractivity contribution in [2.24, 2.45) is 0 Å². The van der Waals surface area contributed by atoms with Gasteiger partial charge in [0.25, 0.3) is 0 Å². The van der Waals surface area contributed by atoms with Crippen LogP contribution < -0.4 is 0 Å². The third kappa shape index (κ3) is 67.1.